The van der Waals surface area contributed by atoms with E-state index in [0.29, 0.717) is 24.9 Å². The van der Waals surface area contributed by atoms with Crippen molar-refractivity contribution in [1.29, 1.82) is 0 Å². The predicted octanol–water partition coefficient (Wildman–Crippen LogP) is 2.09. The Kier molecular flexibility index (Phi) is 8.99. The third-order valence-electron chi connectivity index (χ3n) is 3.93. The van der Waals surface area contributed by atoms with Gasteiger partial charge in [-0.3, -0.25) is 4.90 Å². The molecule has 0 atom stereocenters. The van der Waals surface area contributed by atoms with E-state index in [1.165, 1.54) is 5.69 Å². The Balaban J connectivity index is 0.00000156. The standard InChI is InChI=1S/C16H23N5O2.2ClH/c1-2-22-14-6-4-3-5-13(14)21-9-7-20(8-10-21)12-15-18-16(11-17)23-19-15;;/h3-6H,2,7-12,17H2,1H3;2*1H. The van der Waals surface area contributed by atoms with Crippen LogP contribution >= 0.6 is 24.8 Å². The van der Waals surface area contributed by atoms with E-state index in [9.17, 15) is 0 Å². The Labute approximate surface area is 160 Å². The van der Waals surface area contributed by atoms with Gasteiger partial charge in [0.25, 0.3) is 0 Å². The van der Waals surface area contributed by atoms with Gasteiger partial charge in [-0.15, -0.1) is 24.8 Å². The zero-order valence-corrected chi connectivity index (χ0v) is 15.9. The number of hydrogen-bond acceptors (Lipinski definition) is 7. The zero-order chi connectivity index (χ0) is 16.1. The van der Waals surface area contributed by atoms with Gasteiger partial charge in [0, 0.05) is 26.2 Å². The number of nitrogens with two attached hydrogens (primary N) is 1. The van der Waals surface area contributed by atoms with Gasteiger partial charge in [-0.2, -0.15) is 4.98 Å². The molecule has 0 amide bonds. The van der Waals surface area contributed by atoms with Crippen LogP contribution in [-0.4, -0.2) is 47.8 Å². The molecule has 0 unspecified atom stereocenters. The van der Waals surface area contributed by atoms with Crippen LogP contribution in [0.15, 0.2) is 28.8 Å². The molecule has 1 aliphatic rings. The van der Waals surface area contributed by atoms with Gasteiger partial charge >= 0.3 is 0 Å². The van der Waals surface area contributed by atoms with E-state index < -0.39 is 0 Å². The number of anilines is 1. The predicted molar refractivity (Wildman–Crippen MR) is 102 cm³/mol. The Morgan fingerprint density at radius 3 is 2.52 bits per heavy atom. The molecule has 0 aliphatic carbocycles. The Hall–Kier alpha value is -1.54. The molecule has 1 fully saturated rings. The summed E-state index contributed by atoms with van der Waals surface area (Å²) in [4.78, 5) is 8.95. The zero-order valence-electron chi connectivity index (χ0n) is 14.3. The minimum absolute atomic E-state index is 0. The molecule has 0 spiro atoms. The van der Waals surface area contributed by atoms with Gasteiger partial charge < -0.3 is 19.9 Å². The summed E-state index contributed by atoms with van der Waals surface area (Å²) < 4.78 is 10.8. The van der Waals surface area contributed by atoms with Crippen molar-refractivity contribution in [3.05, 3.63) is 36.0 Å². The molecule has 0 saturated carbocycles. The number of benzene rings is 1. The second-order valence-corrected chi connectivity index (χ2v) is 5.47. The molecule has 25 heavy (non-hydrogen) atoms. The summed E-state index contributed by atoms with van der Waals surface area (Å²) in [5, 5.41) is 3.96. The van der Waals surface area contributed by atoms with E-state index in [2.05, 4.69) is 32.1 Å². The number of rotatable bonds is 6. The lowest BCUT2D eigenvalue weighted by molar-refractivity contribution is 0.239. The third-order valence-corrected chi connectivity index (χ3v) is 3.93. The lowest BCUT2D eigenvalue weighted by Crippen LogP contribution is -2.46. The SMILES string of the molecule is CCOc1ccccc1N1CCN(Cc2noc(CN)n2)CC1.Cl.Cl. The Morgan fingerprint density at radius 2 is 1.88 bits per heavy atom. The van der Waals surface area contributed by atoms with Gasteiger partial charge in [0.2, 0.25) is 5.89 Å². The first-order valence-corrected chi connectivity index (χ1v) is 8.00. The summed E-state index contributed by atoms with van der Waals surface area (Å²) in [6.07, 6.45) is 0. The van der Waals surface area contributed by atoms with Gasteiger partial charge in [0.05, 0.1) is 25.4 Å². The van der Waals surface area contributed by atoms with Crippen molar-refractivity contribution in [1.82, 2.24) is 15.0 Å². The average molecular weight is 390 g/mol. The normalized spacial score (nSPS) is 14.6. The summed E-state index contributed by atoms with van der Waals surface area (Å²) in [6, 6.07) is 8.21. The molecule has 1 aliphatic heterocycles. The Bertz CT molecular complexity index is 632. The monoisotopic (exact) mass is 389 g/mol. The smallest absolute Gasteiger partial charge is 0.240 e. The van der Waals surface area contributed by atoms with Crippen LogP contribution in [-0.2, 0) is 13.1 Å². The second kappa shape index (κ2) is 10.5. The van der Waals surface area contributed by atoms with E-state index in [0.717, 1.165) is 31.9 Å². The topological polar surface area (TPSA) is 80.7 Å². The molecule has 2 N–H and O–H groups in total. The van der Waals surface area contributed by atoms with Crippen LogP contribution < -0.4 is 15.4 Å². The van der Waals surface area contributed by atoms with Crippen LogP contribution in [0.4, 0.5) is 5.69 Å². The molecule has 7 nitrogen and oxygen atoms in total. The number of halogens is 2. The second-order valence-electron chi connectivity index (χ2n) is 5.47. The maximum atomic E-state index is 5.73. The largest absolute Gasteiger partial charge is 0.492 e. The van der Waals surface area contributed by atoms with Gasteiger partial charge in [-0.1, -0.05) is 17.3 Å². The van der Waals surface area contributed by atoms with Crippen molar-refractivity contribution in [3.63, 3.8) is 0 Å². The van der Waals surface area contributed by atoms with E-state index in [4.69, 9.17) is 15.0 Å². The quantitative estimate of drug-likeness (QED) is 0.809. The summed E-state index contributed by atoms with van der Waals surface area (Å²) in [7, 11) is 0. The molecule has 140 valence electrons. The van der Waals surface area contributed by atoms with E-state index in [1.54, 1.807) is 0 Å². The minimum atomic E-state index is 0. The highest BCUT2D eigenvalue weighted by Gasteiger charge is 2.21. The molecule has 0 radical (unpaired) electrons. The van der Waals surface area contributed by atoms with E-state index in [-0.39, 0.29) is 31.4 Å². The minimum Gasteiger partial charge on any atom is -0.492 e. The molecule has 3 rings (SSSR count). The molecule has 1 aromatic carbocycles. The van der Waals surface area contributed by atoms with Crippen LogP contribution in [0.3, 0.4) is 0 Å². The average Bonchev–Trinajstić information content (AvgIpc) is 3.04. The Morgan fingerprint density at radius 1 is 1.16 bits per heavy atom. The first-order valence-electron chi connectivity index (χ1n) is 8.00. The third kappa shape index (κ3) is 5.47. The van der Waals surface area contributed by atoms with Gasteiger partial charge in [0.1, 0.15) is 5.75 Å². The molecular weight excluding hydrogens is 365 g/mol. The molecule has 2 aromatic rings. The number of ether oxygens (including phenoxy) is 1. The molecule has 1 saturated heterocycles. The number of piperazine rings is 1. The summed E-state index contributed by atoms with van der Waals surface area (Å²) in [6.45, 7) is 7.48. The maximum absolute atomic E-state index is 5.73. The number of hydrogen-bond donors (Lipinski definition) is 1. The van der Waals surface area contributed by atoms with Crippen LogP contribution in [0.5, 0.6) is 5.75 Å². The molecule has 0 bridgehead atoms. The highest BCUT2D eigenvalue weighted by Crippen LogP contribution is 2.28. The summed E-state index contributed by atoms with van der Waals surface area (Å²) in [5.41, 5.74) is 6.66. The van der Waals surface area contributed by atoms with Crippen molar-refractivity contribution in [3.8, 4) is 5.75 Å². The van der Waals surface area contributed by atoms with Crippen molar-refractivity contribution in [2.45, 2.75) is 20.0 Å². The van der Waals surface area contributed by atoms with E-state index >= 15 is 0 Å². The van der Waals surface area contributed by atoms with Crippen molar-refractivity contribution in [2.24, 2.45) is 5.73 Å². The van der Waals surface area contributed by atoms with Crippen molar-refractivity contribution in [2.75, 3.05) is 37.7 Å². The highest BCUT2D eigenvalue weighted by molar-refractivity contribution is 5.85. The fourth-order valence-corrected chi connectivity index (χ4v) is 2.78. The molecule has 1 aromatic heterocycles. The summed E-state index contributed by atoms with van der Waals surface area (Å²) >= 11 is 0. The van der Waals surface area contributed by atoms with Crippen molar-refractivity contribution < 1.29 is 9.26 Å². The number of nitrogens with zero attached hydrogens (tertiary/aromatic N) is 4. The number of para-hydroxylation sites is 2. The summed E-state index contributed by atoms with van der Waals surface area (Å²) in [5.74, 6) is 2.15. The lowest BCUT2D eigenvalue weighted by Gasteiger charge is -2.36. The van der Waals surface area contributed by atoms with Crippen LogP contribution in [0.2, 0.25) is 0 Å². The number of aromatic nitrogens is 2. The van der Waals surface area contributed by atoms with Gasteiger partial charge in [0.15, 0.2) is 5.82 Å². The first kappa shape index (κ1) is 21.5. The van der Waals surface area contributed by atoms with E-state index in [1.807, 2.05) is 19.1 Å². The fourth-order valence-electron chi connectivity index (χ4n) is 2.78. The van der Waals surface area contributed by atoms with Gasteiger partial charge in [-0.25, -0.2) is 0 Å². The highest BCUT2D eigenvalue weighted by atomic mass is 35.5. The van der Waals surface area contributed by atoms with Crippen molar-refractivity contribution >= 4 is 30.5 Å². The molecule has 9 heteroatoms. The van der Waals surface area contributed by atoms with Gasteiger partial charge in [-0.05, 0) is 19.1 Å². The van der Waals surface area contributed by atoms with Crippen LogP contribution in [0.25, 0.3) is 0 Å². The fraction of sp³-hybridized carbons (Fsp3) is 0.500. The first-order chi connectivity index (χ1) is 11.3. The maximum Gasteiger partial charge on any atom is 0.240 e. The van der Waals surface area contributed by atoms with Crippen LogP contribution in [0, 0.1) is 0 Å². The lowest BCUT2D eigenvalue weighted by atomic mass is 10.2. The molecule has 2 heterocycles. The molecular formula is C16H25Cl2N5O2. The van der Waals surface area contributed by atoms with Crippen LogP contribution in [0.1, 0.15) is 18.6 Å².